The summed E-state index contributed by atoms with van der Waals surface area (Å²) in [4.78, 5) is 0.650. The third-order valence-electron chi connectivity index (χ3n) is 0.631. The molecular formula is C5H8N2S2. The second-order valence-electron chi connectivity index (χ2n) is 1.36. The summed E-state index contributed by atoms with van der Waals surface area (Å²) in [7, 11) is 0. The molecule has 0 aromatic rings. The van der Waals surface area contributed by atoms with Gasteiger partial charge in [-0.3, -0.25) is 0 Å². The molecule has 2 nitrogen and oxygen atoms in total. The average Bonchev–Trinajstić information content (AvgIpc) is 1.82. The van der Waals surface area contributed by atoms with Gasteiger partial charge in [-0.1, -0.05) is 30.5 Å². The molecule has 0 fully saturated rings. The van der Waals surface area contributed by atoms with Gasteiger partial charge in [-0.25, -0.2) is 0 Å². The smallest absolute Gasteiger partial charge is 0.134 e. The second-order valence-corrected chi connectivity index (χ2v) is 2.21. The predicted molar refractivity (Wildman–Crippen MR) is 47.6 cm³/mol. The van der Waals surface area contributed by atoms with Gasteiger partial charge in [0.2, 0.25) is 0 Å². The zero-order valence-electron chi connectivity index (χ0n) is 4.89. The van der Waals surface area contributed by atoms with E-state index in [0.717, 1.165) is 0 Å². The number of hydrogen-bond donors (Lipinski definition) is 2. The maximum Gasteiger partial charge on any atom is 0.134 e. The highest BCUT2D eigenvalue weighted by Crippen LogP contribution is 1.72. The van der Waals surface area contributed by atoms with E-state index in [1.165, 1.54) is 0 Å². The van der Waals surface area contributed by atoms with Crippen molar-refractivity contribution in [3.8, 4) is 0 Å². The molecule has 0 aliphatic rings. The molecule has 9 heavy (non-hydrogen) atoms. The lowest BCUT2D eigenvalue weighted by Crippen LogP contribution is -2.32. The summed E-state index contributed by atoms with van der Waals surface area (Å²) in [6.07, 6.45) is 1.69. The number of thiocarbonyl (C=S) groups is 2. The van der Waals surface area contributed by atoms with Gasteiger partial charge in [0.05, 0.1) is 0 Å². The van der Waals surface area contributed by atoms with Crippen LogP contribution in [0.2, 0.25) is 0 Å². The molecule has 0 aliphatic carbocycles. The normalized spacial score (nSPS) is 8.00. The lowest BCUT2D eigenvalue weighted by atomic mass is 10.5. The van der Waals surface area contributed by atoms with E-state index in [-0.39, 0.29) is 4.99 Å². The van der Waals surface area contributed by atoms with E-state index < -0.39 is 0 Å². The highest BCUT2D eigenvalue weighted by atomic mass is 32.1. The van der Waals surface area contributed by atoms with Crippen molar-refractivity contribution >= 4 is 34.4 Å². The van der Waals surface area contributed by atoms with Crippen LogP contribution in [0.3, 0.4) is 0 Å². The minimum atomic E-state index is 0.229. The van der Waals surface area contributed by atoms with Gasteiger partial charge in [0.1, 0.15) is 9.98 Å². The Hall–Kier alpha value is -0.480. The van der Waals surface area contributed by atoms with Crippen LogP contribution in [0.15, 0.2) is 12.7 Å². The molecule has 0 aliphatic heterocycles. The first-order chi connectivity index (χ1) is 4.18. The summed E-state index contributed by atoms with van der Waals surface area (Å²) < 4.78 is 0. The SMILES string of the molecule is C=CCNC(=S)C(N)=S. The lowest BCUT2D eigenvalue weighted by Gasteiger charge is -2.00. The van der Waals surface area contributed by atoms with E-state index in [1.807, 2.05) is 0 Å². The molecule has 0 bridgehead atoms. The van der Waals surface area contributed by atoms with E-state index in [9.17, 15) is 0 Å². The Morgan fingerprint density at radius 2 is 2.22 bits per heavy atom. The fourth-order valence-corrected chi connectivity index (χ4v) is 0.407. The van der Waals surface area contributed by atoms with Crippen LogP contribution in [0.4, 0.5) is 0 Å². The fraction of sp³-hybridized carbons (Fsp3) is 0.200. The Labute approximate surface area is 65.1 Å². The molecule has 0 unspecified atom stereocenters. The van der Waals surface area contributed by atoms with E-state index >= 15 is 0 Å². The molecule has 0 atom stereocenters. The molecule has 50 valence electrons. The molecule has 0 aromatic carbocycles. The van der Waals surface area contributed by atoms with Gasteiger partial charge < -0.3 is 11.1 Å². The highest BCUT2D eigenvalue weighted by molar-refractivity contribution is 7.89. The Bertz CT molecular complexity index is 142. The van der Waals surface area contributed by atoms with Crippen molar-refractivity contribution in [1.29, 1.82) is 0 Å². The van der Waals surface area contributed by atoms with Gasteiger partial charge >= 0.3 is 0 Å². The Balaban J connectivity index is 3.51. The van der Waals surface area contributed by atoms with Gasteiger partial charge in [-0.15, -0.1) is 6.58 Å². The van der Waals surface area contributed by atoms with E-state index in [1.54, 1.807) is 6.08 Å². The van der Waals surface area contributed by atoms with Gasteiger partial charge in [0, 0.05) is 6.54 Å². The van der Waals surface area contributed by atoms with Crippen molar-refractivity contribution in [3.63, 3.8) is 0 Å². The first kappa shape index (κ1) is 8.52. The van der Waals surface area contributed by atoms with Crippen LogP contribution >= 0.6 is 24.4 Å². The van der Waals surface area contributed by atoms with Crippen molar-refractivity contribution < 1.29 is 0 Å². The zero-order valence-corrected chi connectivity index (χ0v) is 6.52. The third kappa shape index (κ3) is 4.05. The molecule has 0 aromatic heterocycles. The molecule has 0 radical (unpaired) electrons. The minimum Gasteiger partial charge on any atom is -0.388 e. The molecule has 0 saturated carbocycles. The van der Waals surface area contributed by atoms with Crippen molar-refractivity contribution in [2.75, 3.05) is 6.54 Å². The summed E-state index contributed by atoms with van der Waals surface area (Å²) >= 11 is 9.29. The summed E-state index contributed by atoms with van der Waals surface area (Å²) in [6, 6.07) is 0. The molecule has 3 N–H and O–H groups in total. The van der Waals surface area contributed by atoms with Crippen LogP contribution in [-0.2, 0) is 0 Å². The minimum absolute atomic E-state index is 0.229. The van der Waals surface area contributed by atoms with Crippen LogP contribution in [0.5, 0.6) is 0 Å². The van der Waals surface area contributed by atoms with Crippen molar-refractivity contribution in [1.82, 2.24) is 5.32 Å². The van der Waals surface area contributed by atoms with Gasteiger partial charge in [0.25, 0.3) is 0 Å². The van der Waals surface area contributed by atoms with Crippen molar-refractivity contribution in [2.24, 2.45) is 5.73 Å². The molecule has 0 spiro atoms. The molecule has 0 rings (SSSR count). The lowest BCUT2D eigenvalue weighted by molar-refractivity contribution is 1.08. The Kier molecular flexibility index (Phi) is 4.17. The van der Waals surface area contributed by atoms with Crippen LogP contribution < -0.4 is 11.1 Å². The summed E-state index contributed by atoms with van der Waals surface area (Å²) in [5, 5.41) is 2.78. The third-order valence-corrected chi connectivity index (χ3v) is 1.33. The van der Waals surface area contributed by atoms with E-state index in [0.29, 0.717) is 11.5 Å². The quantitative estimate of drug-likeness (QED) is 0.452. The Morgan fingerprint density at radius 1 is 1.67 bits per heavy atom. The largest absolute Gasteiger partial charge is 0.388 e. The standard InChI is InChI=1S/C5H8N2S2/c1-2-3-7-5(9)4(6)8/h2H,1,3H2,(H2,6,8)(H,7,9). The van der Waals surface area contributed by atoms with Crippen LogP contribution in [0, 0.1) is 0 Å². The summed E-state index contributed by atoms with van der Waals surface area (Å²) in [5.74, 6) is 0. The number of hydrogen-bond acceptors (Lipinski definition) is 2. The van der Waals surface area contributed by atoms with E-state index in [2.05, 4.69) is 24.1 Å². The number of nitrogens with one attached hydrogen (secondary N) is 1. The topological polar surface area (TPSA) is 38.0 Å². The molecular weight excluding hydrogens is 152 g/mol. The van der Waals surface area contributed by atoms with Crippen LogP contribution in [0.25, 0.3) is 0 Å². The molecule has 0 saturated heterocycles. The van der Waals surface area contributed by atoms with Gasteiger partial charge in [-0.2, -0.15) is 0 Å². The van der Waals surface area contributed by atoms with Crippen molar-refractivity contribution in [2.45, 2.75) is 0 Å². The van der Waals surface area contributed by atoms with Gasteiger partial charge in [0.15, 0.2) is 0 Å². The number of nitrogens with two attached hydrogens (primary N) is 1. The monoisotopic (exact) mass is 160 g/mol. The second kappa shape index (κ2) is 4.40. The summed E-state index contributed by atoms with van der Waals surface area (Å²) in [6.45, 7) is 4.09. The highest BCUT2D eigenvalue weighted by Gasteiger charge is 1.93. The maximum atomic E-state index is 5.17. The van der Waals surface area contributed by atoms with Crippen LogP contribution in [-0.4, -0.2) is 16.5 Å². The molecule has 0 amide bonds. The molecule has 0 heterocycles. The first-order valence-corrected chi connectivity index (χ1v) is 3.18. The fourth-order valence-electron chi connectivity index (χ4n) is 0.252. The van der Waals surface area contributed by atoms with Crippen LogP contribution in [0.1, 0.15) is 0 Å². The zero-order chi connectivity index (χ0) is 7.28. The van der Waals surface area contributed by atoms with Crippen molar-refractivity contribution in [3.05, 3.63) is 12.7 Å². The number of rotatable bonds is 2. The summed E-state index contributed by atoms with van der Waals surface area (Å²) in [5.41, 5.74) is 5.17. The molecule has 4 heteroatoms. The maximum absolute atomic E-state index is 5.17. The van der Waals surface area contributed by atoms with E-state index in [4.69, 9.17) is 18.0 Å². The first-order valence-electron chi connectivity index (χ1n) is 2.37. The Morgan fingerprint density at radius 3 is 2.56 bits per heavy atom. The van der Waals surface area contributed by atoms with Gasteiger partial charge in [-0.05, 0) is 0 Å². The predicted octanol–water partition coefficient (Wildman–Crippen LogP) is 0.376. The average molecular weight is 160 g/mol.